The van der Waals surface area contributed by atoms with Crippen LogP contribution in [0.5, 0.6) is 0 Å². The number of anilines is 1. The number of nitrogens with zero attached hydrogens (tertiary/aromatic N) is 5. The summed E-state index contributed by atoms with van der Waals surface area (Å²) in [6.45, 7) is 15.2. The molecule has 52 heavy (non-hydrogen) atoms. The van der Waals surface area contributed by atoms with Gasteiger partial charge in [-0.3, -0.25) is 4.98 Å². The van der Waals surface area contributed by atoms with Gasteiger partial charge in [-0.2, -0.15) is 23.3 Å². The zero-order valence-corrected chi connectivity index (χ0v) is 32.5. The molecule has 0 saturated heterocycles. The first-order chi connectivity index (χ1) is 24.8. The van der Waals surface area contributed by atoms with Crippen molar-refractivity contribution in [3.63, 3.8) is 0 Å². The van der Waals surface area contributed by atoms with Crippen molar-refractivity contribution < 1.29 is 28.9 Å². The van der Waals surface area contributed by atoms with Crippen LogP contribution in [-0.2, 0) is 20.1 Å². The summed E-state index contributed by atoms with van der Waals surface area (Å²) in [5.41, 5.74) is 9.13. The Hall–Kier alpha value is -5.17. The van der Waals surface area contributed by atoms with Gasteiger partial charge in [-0.1, -0.05) is 69.5 Å². The Morgan fingerprint density at radius 3 is 2.06 bits per heavy atom. The van der Waals surface area contributed by atoms with Crippen LogP contribution in [0.2, 0.25) is 0 Å². The van der Waals surface area contributed by atoms with Crippen molar-refractivity contribution in [2.24, 2.45) is 5.10 Å². The SMILES string of the molecule is CC(C)N1C=NN(c2[c-]ccc3c2oc2ccccc23)[CH-]1.CC(C)c1cc2c(oc3ccccc32)c(C(C)C)c1-n1ccnc1-c1[c-]cccc1.[Ir+3]. The third kappa shape index (κ3) is 6.20. The zero-order valence-electron chi connectivity index (χ0n) is 30.1. The molecule has 0 saturated carbocycles. The summed E-state index contributed by atoms with van der Waals surface area (Å²) < 4.78 is 14.6. The number of hydrogen-bond acceptors (Lipinski definition) is 6. The summed E-state index contributed by atoms with van der Waals surface area (Å²) in [6, 6.07) is 37.6. The summed E-state index contributed by atoms with van der Waals surface area (Å²) in [5, 5.41) is 10.8. The molecule has 8 aromatic rings. The van der Waals surface area contributed by atoms with Crippen LogP contribution >= 0.6 is 0 Å². The second-order valence-corrected chi connectivity index (χ2v) is 13.8. The van der Waals surface area contributed by atoms with Gasteiger partial charge in [-0.05, 0) is 61.2 Å². The number of para-hydroxylation sites is 2. The molecule has 0 bridgehead atoms. The van der Waals surface area contributed by atoms with E-state index in [1.165, 1.54) is 27.6 Å². The minimum Gasteiger partial charge on any atom is -0.514 e. The minimum absolute atomic E-state index is 0. The van der Waals surface area contributed by atoms with E-state index in [1.54, 1.807) is 0 Å². The van der Waals surface area contributed by atoms with Crippen molar-refractivity contribution in [3.8, 4) is 17.1 Å². The van der Waals surface area contributed by atoms with Gasteiger partial charge >= 0.3 is 20.1 Å². The van der Waals surface area contributed by atoms with Crippen LogP contribution in [0.25, 0.3) is 61.0 Å². The van der Waals surface area contributed by atoms with Crippen LogP contribution < -0.4 is 5.01 Å². The van der Waals surface area contributed by atoms with Gasteiger partial charge in [0.25, 0.3) is 0 Å². The van der Waals surface area contributed by atoms with Gasteiger partial charge < -0.3 is 23.3 Å². The molecule has 0 N–H and O–H groups in total. The maximum absolute atomic E-state index is 6.42. The first-order valence-corrected chi connectivity index (χ1v) is 17.6. The van der Waals surface area contributed by atoms with Crippen molar-refractivity contribution in [2.75, 3.05) is 5.01 Å². The van der Waals surface area contributed by atoms with E-state index < -0.39 is 0 Å². The molecule has 1 aliphatic rings. The van der Waals surface area contributed by atoms with E-state index in [9.17, 15) is 0 Å². The standard InChI is InChI=1S/C27H25N2O.C17H15N3O.Ir/c1-17(2)21-16-22-20-12-8-9-13-23(20)30-26(22)24(18(3)4)25(21)29-15-14-28-27(29)19-10-6-5-7-11-19;1-12(2)19-10-18-20(11-19)15-8-5-7-14-13-6-3-4-9-16(13)21-17(14)15;/h5-10,12-18H,1-4H3;3-7,9-12H,1-2H3;/q-1;-2;+3. The number of imidazole rings is 1. The molecule has 9 rings (SSSR count). The van der Waals surface area contributed by atoms with Crippen molar-refractivity contribution in [3.05, 3.63) is 133 Å². The molecule has 0 amide bonds. The first kappa shape index (κ1) is 35.2. The Morgan fingerprint density at radius 1 is 0.712 bits per heavy atom. The summed E-state index contributed by atoms with van der Waals surface area (Å²) in [7, 11) is 0. The van der Waals surface area contributed by atoms with Crippen LogP contribution in [0.15, 0.2) is 117 Å². The Morgan fingerprint density at radius 2 is 1.40 bits per heavy atom. The van der Waals surface area contributed by atoms with E-state index >= 15 is 0 Å². The van der Waals surface area contributed by atoms with E-state index in [-0.39, 0.29) is 26.0 Å². The van der Waals surface area contributed by atoms with E-state index in [0.717, 1.165) is 50.2 Å². The van der Waals surface area contributed by atoms with Crippen molar-refractivity contribution in [1.82, 2.24) is 14.5 Å². The average Bonchev–Trinajstić information content (AvgIpc) is 3.96. The number of rotatable bonds is 6. The molecule has 8 heteroatoms. The molecular formula is C44H40IrN5O2. The van der Waals surface area contributed by atoms with Gasteiger partial charge in [-0.25, -0.2) is 0 Å². The van der Waals surface area contributed by atoms with Gasteiger partial charge in [0.1, 0.15) is 16.7 Å². The largest absolute Gasteiger partial charge is 3.00 e. The Labute approximate surface area is 317 Å². The molecule has 3 aromatic heterocycles. The van der Waals surface area contributed by atoms with Gasteiger partial charge in [0.05, 0.1) is 12.2 Å². The molecular weight excluding hydrogens is 823 g/mol. The number of aromatic nitrogens is 2. The van der Waals surface area contributed by atoms with E-state index in [2.05, 4.69) is 116 Å². The van der Waals surface area contributed by atoms with E-state index in [0.29, 0.717) is 12.0 Å². The van der Waals surface area contributed by atoms with Crippen molar-refractivity contribution >= 4 is 55.9 Å². The van der Waals surface area contributed by atoms with Crippen molar-refractivity contribution in [1.29, 1.82) is 0 Å². The van der Waals surface area contributed by atoms with Crippen LogP contribution in [0.3, 0.4) is 0 Å². The number of fused-ring (bicyclic) bond motifs is 6. The number of benzene rings is 5. The fourth-order valence-corrected chi connectivity index (χ4v) is 6.89. The van der Waals surface area contributed by atoms with Crippen LogP contribution in [0.1, 0.15) is 64.5 Å². The molecule has 262 valence electrons. The minimum atomic E-state index is 0. The summed E-state index contributed by atoms with van der Waals surface area (Å²) in [4.78, 5) is 6.74. The number of furan rings is 2. The molecule has 0 radical (unpaired) electrons. The van der Waals surface area contributed by atoms with Crippen LogP contribution in [-0.4, -0.2) is 26.8 Å². The zero-order chi connectivity index (χ0) is 35.2. The Balaban J connectivity index is 0.000000168. The van der Waals surface area contributed by atoms with E-state index in [4.69, 9.17) is 8.83 Å². The Bertz CT molecular complexity index is 2530. The predicted octanol–water partition coefficient (Wildman–Crippen LogP) is 11.5. The third-order valence-corrected chi connectivity index (χ3v) is 9.43. The molecule has 0 spiro atoms. The second kappa shape index (κ2) is 14.5. The van der Waals surface area contributed by atoms with Crippen LogP contribution in [0, 0.1) is 18.8 Å². The predicted molar refractivity (Wildman–Crippen MR) is 208 cm³/mol. The molecule has 7 nitrogen and oxygen atoms in total. The molecule has 0 aliphatic carbocycles. The molecule has 1 aliphatic heterocycles. The van der Waals surface area contributed by atoms with Crippen molar-refractivity contribution in [2.45, 2.75) is 59.4 Å². The normalized spacial score (nSPS) is 12.9. The van der Waals surface area contributed by atoms with Gasteiger partial charge in [-0.15, -0.1) is 42.6 Å². The summed E-state index contributed by atoms with van der Waals surface area (Å²) in [6.07, 6.45) is 5.74. The number of hydrazone groups is 1. The quantitative estimate of drug-likeness (QED) is 0.156. The fraction of sp³-hybridized carbons (Fsp3) is 0.205. The Kier molecular flexibility index (Phi) is 9.79. The fourth-order valence-electron chi connectivity index (χ4n) is 6.89. The monoisotopic (exact) mass is 863 g/mol. The molecule has 4 heterocycles. The van der Waals surface area contributed by atoms with E-state index in [1.807, 2.05) is 78.8 Å². The smallest absolute Gasteiger partial charge is 0.514 e. The van der Waals surface area contributed by atoms with Gasteiger partial charge in [0.15, 0.2) is 0 Å². The maximum atomic E-state index is 6.42. The topological polar surface area (TPSA) is 62.9 Å². The molecule has 5 aromatic carbocycles. The summed E-state index contributed by atoms with van der Waals surface area (Å²) in [5.74, 6) is 1.54. The molecule has 0 atom stereocenters. The third-order valence-electron chi connectivity index (χ3n) is 9.43. The second-order valence-electron chi connectivity index (χ2n) is 13.8. The van der Waals surface area contributed by atoms with Crippen LogP contribution in [0.4, 0.5) is 5.69 Å². The summed E-state index contributed by atoms with van der Waals surface area (Å²) >= 11 is 0. The molecule has 0 fully saturated rings. The van der Waals surface area contributed by atoms with Gasteiger partial charge in [0.2, 0.25) is 0 Å². The van der Waals surface area contributed by atoms with Gasteiger partial charge in [0, 0.05) is 45.4 Å². The maximum Gasteiger partial charge on any atom is 3.00 e. The number of hydrogen-bond donors (Lipinski definition) is 0. The first-order valence-electron chi connectivity index (χ1n) is 17.6. The average molecular weight is 863 g/mol. The molecule has 0 unspecified atom stereocenters.